The van der Waals surface area contributed by atoms with Gasteiger partial charge in [0.2, 0.25) is 5.91 Å². The van der Waals surface area contributed by atoms with Gasteiger partial charge in [-0.2, -0.15) is 0 Å². The topological polar surface area (TPSA) is 46.2 Å². The van der Waals surface area contributed by atoms with E-state index in [4.69, 9.17) is 23.2 Å². The molecule has 0 aromatic heterocycles. The van der Waals surface area contributed by atoms with E-state index in [0.29, 0.717) is 5.69 Å². The highest BCUT2D eigenvalue weighted by atomic mass is 35.5. The van der Waals surface area contributed by atoms with Crippen molar-refractivity contribution in [2.45, 2.75) is 6.92 Å². The summed E-state index contributed by atoms with van der Waals surface area (Å²) < 4.78 is 0. The number of carbonyl (C=O) groups is 2. The van der Waals surface area contributed by atoms with Crippen LogP contribution < -0.4 is 5.32 Å². The Morgan fingerprint density at radius 2 is 2.07 bits per heavy atom. The molecule has 0 fully saturated rings. The van der Waals surface area contributed by atoms with E-state index in [9.17, 15) is 9.59 Å². The fourth-order valence-corrected chi connectivity index (χ4v) is 1.58. The summed E-state index contributed by atoms with van der Waals surface area (Å²) in [6.45, 7) is 1.36. The molecule has 1 N–H and O–H groups in total. The zero-order chi connectivity index (χ0) is 11.4. The second kappa shape index (κ2) is 5.14. The van der Waals surface area contributed by atoms with E-state index in [1.165, 1.54) is 6.92 Å². The summed E-state index contributed by atoms with van der Waals surface area (Å²) in [6, 6.07) is 4.83. The van der Waals surface area contributed by atoms with Gasteiger partial charge in [0.1, 0.15) is 0 Å². The lowest BCUT2D eigenvalue weighted by atomic mass is 10.1. The molecule has 0 heterocycles. The molecule has 0 spiro atoms. The van der Waals surface area contributed by atoms with E-state index in [2.05, 4.69) is 5.32 Å². The third kappa shape index (κ3) is 2.94. The second-order valence-electron chi connectivity index (χ2n) is 2.90. The van der Waals surface area contributed by atoms with Gasteiger partial charge in [0, 0.05) is 6.92 Å². The van der Waals surface area contributed by atoms with Gasteiger partial charge in [-0.1, -0.05) is 17.7 Å². The first-order chi connectivity index (χ1) is 7.06. The first-order valence-corrected chi connectivity index (χ1v) is 5.12. The number of rotatable bonds is 3. The maximum absolute atomic E-state index is 11.5. The number of Topliss-reactive ketones (excluding diaryl/α,β-unsaturated/α-hetero) is 1. The number of benzene rings is 1. The molecular formula is C10H9Cl2NO2. The Morgan fingerprint density at radius 3 is 2.60 bits per heavy atom. The van der Waals surface area contributed by atoms with Crippen LogP contribution in [0.4, 0.5) is 5.69 Å². The minimum atomic E-state index is -0.314. The van der Waals surface area contributed by atoms with Crippen molar-refractivity contribution >= 4 is 40.6 Å². The second-order valence-corrected chi connectivity index (χ2v) is 3.57. The summed E-state index contributed by atoms with van der Waals surface area (Å²) >= 11 is 11.3. The average Bonchev–Trinajstić information content (AvgIpc) is 2.16. The van der Waals surface area contributed by atoms with Gasteiger partial charge in [0.25, 0.3) is 0 Å². The molecule has 0 aliphatic carbocycles. The number of anilines is 1. The number of hydrogen-bond acceptors (Lipinski definition) is 2. The Balaban J connectivity index is 3.20. The molecule has 15 heavy (non-hydrogen) atoms. The predicted molar refractivity (Wildman–Crippen MR) is 60.8 cm³/mol. The quantitative estimate of drug-likeness (QED) is 0.658. The van der Waals surface area contributed by atoms with Crippen LogP contribution >= 0.6 is 23.2 Å². The third-order valence-electron chi connectivity index (χ3n) is 1.72. The molecule has 1 amide bonds. The molecule has 0 saturated heterocycles. The maximum Gasteiger partial charge on any atom is 0.221 e. The first kappa shape index (κ1) is 12.0. The fraction of sp³-hybridized carbons (Fsp3) is 0.200. The molecule has 0 unspecified atom stereocenters. The van der Waals surface area contributed by atoms with Crippen LogP contribution in [0.3, 0.4) is 0 Å². The standard InChI is InChI=1S/C10H9Cl2NO2/c1-6(14)13-8-4-2-3-7(12)10(8)9(15)5-11/h2-4H,5H2,1H3,(H,13,14). The largest absolute Gasteiger partial charge is 0.326 e. The van der Waals surface area contributed by atoms with Crippen molar-refractivity contribution in [1.29, 1.82) is 0 Å². The van der Waals surface area contributed by atoms with Crippen molar-refractivity contribution in [2.24, 2.45) is 0 Å². The highest BCUT2D eigenvalue weighted by Gasteiger charge is 2.14. The normalized spacial score (nSPS) is 9.80. The van der Waals surface area contributed by atoms with Crippen LogP contribution in [0, 0.1) is 0 Å². The first-order valence-electron chi connectivity index (χ1n) is 4.21. The van der Waals surface area contributed by atoms with Gasteiger partial charge in [-0.05, 0) is 12.1 Å². The smallest absolute Gasteiger partial charge is 0.221 e. The Hall–Kier alpha value is -1.06. The van der Waals surface area contributed by atoms with Crippen LogP contribution in [-0.2, 0) is 4.79 Å². The van der Waals surface area contributed by atoms with Crippen LogP contribution in [-0.4, -0.2) is 17.6 Å². The maximum atomic E-state index is 11.5. The van der Waals surface area contributed by atoms with Crippen molar-refractivity contribution in [1.82, 2.24) is 0 Å². The number of ketones is 1. The van der Waals surface area contributed by atoms with Crippen LogP contribution in [0.25, 0.3) is 0 Å². The monoisotopic (exact) mass is 245 g/mol. The minimum Gasteiger partial charge on any atom is -0.326 e. The molecule has 5 heteroatoms. The van der Waals surface area contributed by atoms with Gasteiger partial charge in [-0.3, -0.25) is 9.59 Å². The van der Waals surface area contributed by atoms with E-state index in [1.54, 1.807) is 18.2 Å². The number of nitrogens with one attached hydrogen (secondary N) is 1. The molecule has 0 aliphatic heterocycles. The van der Waals surface area contributed by atoms with Gasteiger partial charge >= 0.3 is 0 Å². The van der Waals surface area contributed by atoms with Crippen molar-refractivity contribution in [3.05, 3.63) is 28.8 Å². The molecule has 0 saturated carbocycles. The molecule has 1 aromatic rings. The summed E-state index contributed by atoms with van der Waals surface area (Å²) in [6.07, 6.45) is 0. The Bertz CT molecular complexity index is 404. The van der Waals surface area contributed by atoms with Crippen LogP contribution in [0.5, 0.6) is 0 Å². The predicted octanol–water partition coefficient (Wildman–Crippen LogP) is 2.72. The van der Waals surface area contributed by atoms with Crippen LogP contribution in [0.1, 0.15) is 17.3 Å². The van der Waals surface area contributed by atoms with Crippen LogP contribution in [0.2, 0.25) is 5.02 Å². The van der Waals surface area contributed by atoms with Gasteiger partial charge in [0.15, 0.2) is 5.78 Å². The fourth-order valence-electron chi connectivity index (χ4n) is 1.17. The van der Waals surface area contributed by atoms with Gasteiger partial charge in [-0.25, -0.2) is 0 Å². The minimum absolute atomic E-state index is 0.170. The lowest BCUT2D eigenvalue weighted by Gasteiger charge is -2.09. The van der Waals surface area contributed by atoms with E-state index in [1.807, 2.05) is 0 Å². The van der Waals surface area contributed by atoms with E-state index in [-0.39, 0.29) is 28.2 Å². The molecule has 1 rings (SSSR count). The highest BCUT2D eigenvalue weighted by Crippen LogP contribution is 2.25. The number of amides is 1. The molecule has 0 bridgehead atoms. The van der Waals surface area contributed by atoms with Crippen molar-refractivity contribution in [2.75, 3.05) is 11.2 Å². The SMILES string of the molecule is CC(=O)Nc1cccc(Cl)c1C(=O)CCl. The third-order valence-corrected chi connectivity index (χ3v) is 2.28. The van der Waals surface area contributed by atoms with Crippen molar-refractivity contribution in [3.63, 3.8) is 0 Å². The van der Waals surface area contributed by atoms with E-state index in [0.717, 1.165) is 0 Å². The summed E-state index contributed by atoms with van der Waals surface area (Å²) in [5.74, 6) is -0.747. The zero-order valence-corrected chi connectivity index (χ0v) is 9.52. The van der Waals surface area contributed by atoms with Gasteiger partial charge in [-0.15, -0.1) is 11.6 Å². The summed E-state index contributed by atoms with van der Waals surface area (Å²) in [5.41, 5.74) is 0.644. The lowest BCUT2D eigenvalue weighted by Crippen LogP contribution is -2.12. The molecule has 0 aliphatic rings. The Labute approximate surface area is 97.4 Å². The number of hydrogen-bond donors (Lipinski definition) is 1. The van der Waals surface area contributed by atoms with Gasteiger partial charge in [0.05, 0.1) is 22.2 Å². The molecule has 0 radical (unpaired) electrons. The number of halogens is 2. The van der Waals surface area contributed by atoms with Gasteiger partial charge < -0.3 is 5.32 Å². The lowest BCUT2D eigenvalue weighted by molar-refractivity contribution is -0.114. The average molecular weight is 246 g/mol. The highest BCUT2D eigenvalue weighted by molar-refractivity contribution is 6.38. The summed E-state index contributed by atoms with van der Waals surface area (Å²) in [4.78, 5) is 22.4. The Morgan fingerprint density at radius 1 is 1.40 bits per heavy atom. The van der Waals surface area contributed by atoms with Crippen molar-refractivity contribution in [3.8, 4) is 0 Å². The summed E-state index contributed by atoms with van der Waals surface area (Å²) in [7, 11) is 0. The Kier molecular flexibility index (Phi) is 4.12. The number of carbonyl (C=O) groups excluding carboxylic acids is 2. The summed E-state index contributed by atoms with van der Waals surface area (Å²) in [5, 5.41) is 2.81. The van der Waals surface area contributed by atoms with E-state index < -0.39 is 0 Å². The number of alkyl halides is 1. The van der Waals surface area contributed by atoms with Crippen molar-refractivity contribution < 1.29 is 9.59 Å². The molecular weight excluding hydrogens is 237 g/mol. The zero-order valence-electron chi connectivity index (χ0n) is 8.01. The molecule has 3 nitrogen and oxygen atoms in total. The molecule has 1 aromatic carbocycles. The van der Waals surface area contributed by atoms with Crippen LogP contribution in [0.15, 0.2) is 18.2 Å². The molecule has 0 atom stereocenters. The molecule has 80 valence electrons. The van der Waals surface area contributed by atoms with E-state index >= 15 is 0 Å².